The van der Waals surface area contributed by atoms with Gasteiger partial charge in [-0.05, 0) is 57.0 Å². The Hall–Kier alpha value is -2.70. The van der Waals surface area contributed by atoms with Crippen LogP contribution < -0.4 is 10.6 Å². The van der Waals surface area contributed by atoms with Gasteiger partial charge in [0.15, 0.2) is 0 Å². The minimum atomic E-state index is -0.473. The average molecular weight is 449 g/mol. The van der Waals surface area contributed by atoms with Gasteiger partial charge in [-0.1, -0.05) is 48.5 Å². The predicted molar refractivity (Wildman–Crippen MR) is 131 cm³/mol. The average Bonchev–Trinajstić information content (AvgIpc) is 3.64. The molecule has 6 nitrogen and oxygen atoms in total. The van der Waals surface area contributed by atoms with Gasteiger partial charge >= 0.3 is 0 Å². The first kappa shape index (κ1) is 23.5. The molecule has 33 heavy (non-hydrogen) atoms. The third-order valence-electron chi connectivity index (χ3n) is 6.80. The molecule has 176 valence electrons. The smallest absolute Gasteiger partial charge is 0.251 e. The van der Waals surface area contributed by atoms with Gasteiger partial charge in [0.05, 0.1) is 0 Å². The molecule has 0 unspecified atom stereocenters. The van der Waals surface area contributed by atoms with E-state index in [-0.39, 0.29) is 11.8 Å². The molecule has 0 radical (unpaired) electrons. The number of hydrogen-bond donors (Lipinski definition) is 2. The number of rotatable bonds is 10. The van der Waals surface area contributed by atoms with E-state index < -0.39 is 6.04 Å². The van der Waals surface area contributed by atoms with E-state index in [1.807, 2.05) is 23.1 Å². The Morgan fingerprint density at radius 3 is 2.30 bits per heavy atom. The highest BCUT2D eigenvalue weighted by Gasteiger charge is 2.37. The summed E-state index contributed by atoms with van der Waals surface area (Å²) in [5.41, 5.74) is 2.01. The van der Waals surface area contributed by atoms with Crippen molar-refractivity contribution in [2.75, 3.05) is 39.8 Å². The minimum Gasteiger partial charge on any atom is -0.340 e. The summed E-state index contributed by atoms with van der Waals surface area (Å²) in [6.45, 7) is 4.13. The molecule has 3 atom stereocenters. The van der Waals surface area contributed by atoms with E-state index in [0.29, 0.717) is 23.9 Å². The van der Waals surface area contributed by atoms with Crippen LogP contribution in [0.15, 0.2) is 60.7 Å². The van der Waals surface area contributed by atoms with Crippen molar-refractivity contribution in [1.29, 1.82) is 0 Å². The number of benzene rings is 2. The summed E-state index contributed by atoms with van der Waals surface area (Å²) in [5, 5.41) is 6.67. The number of nitrogens with zero attached hydrogens (tertiary/aromatic N) is 2. The van der Waals surface area contributed by atoms with Crippen LogP contribution in [-0.4, -0.2) is 73.5 Å². The Balaban J connectivity index is 1.25. The first-order chi connectivity index (χ1) is 16.1. The number of carbonyl (C=O) groups excluding carboxylic acids is 2. The Bertz CT molecular complexity index is 897. The van der Waals surface area contributed by atoms with Crippen LogP contribution in [0.3, 0.4) is 0 Å². The fourth-order valence-corrected chi connectivity index (χ4v) is 4.59. The Kier molecular flexibility index (Phi) is 8.13. The van der Waals surface area contributed by atoms with Crippen molar-refractivity contribution < 1.29 is 9.59 Å². The molecule has 0 spiro atoms. The van der Waals surface area contributed by atoms with E-state index in [2.05, 4.69) is 52.9 Å². The van der Waals surface area contributed by atoms with E-state index in [1.54, 1.807) is 12.1 Å². The van der Waals surface area contributed by atoms with E-state index in [9.17, 15) is 9.59 Å². The van der Waals surface area contributed by atoms with Crippen LogP contribution in [0.4, 0.5) is 0 Å². The lowest BCUT2D eigenvalue weighted by molar-refractivity contribution is -0.135. The molecule has 2 aromatic carbocycles. The number of likely N-dealkylation sites (N-methyl/N-ethyl adjacent to an activating group) is 1. The first-order valence-corrected chi connectivity index (χ1v) is 12.2. The number of nitrogens with one attached hydrogen (secondary N) is 2. The summed E-state index contributed by atoms with van der Waals surface area (Å²) in [6, 6.07) is 19.9. The zero-order valence-electron chi connectivity index (χ0n) is 19.6. The molecular weight excluding hydrogens is 412 g/mol. The van der Waals surface area contributed by atoms with Crippen molar-refractivity contribution >= 4 is 11.8 Å². The largest absolute Gasteiger partial charge is 0.340 e. The van der Waals surface area contributed by atoms with E-state index in [4.69, 9.17) is 0 Å². The second kappa shape index (κ2) is 11.4. The maximum atomic E-state index is 13.2. The molecule has 2 aromatic rings. The number of hydrogen-bond acceptors (Lipinski definition) is 4. The molecule has 6 heteroatoms. The molecule has 1 heterocycles. The molecule has 1 aliphatic heterocycles. The minimum absolute atomic E-state index is 0.0478. The van der Waals surface area contributed by atoms with E-state index >= 15 is 0 Å². The van der Waals surface area contributed by atoms with Crippen molar-refractivity contribution in [2.45, 2.75) is 43.7 Å². The zero-order chi connectivity index (χ0) is 23.0. The maximum Gasteiger partial charge on any atom is 0.251 e. The fraction of sp³-hybridized carbons (Fsp3) is 0.481. The quantitative estimate of drug-likeness (QED) is 0.549. The lowest BCUT2D eigenvalue weighted by atomic mass is 10.1. The molecule has 2 fully saturated rings. The normalized spacial score (nSPS) is 21.4. The van der Waals surface area contributed by atoms with Crippen LogP contribution in [-0.2, 0) is 4.79 Å². The maximum absolute atomic E-state index is 13.2. The third kappa shape index (κ3) is 6.65. The summed E-state index contributed by atoms with van der Waals surface area (Å²) in [7, 11) is 2.08. The summed E-state index contributed by atoms with van der Waals surface area (Å²) in [5.74, 6) is 0.500. The zero-order valence-corrected chi connectivity index (χ0v) is 19.6. The van der Waals surface area contributed by atoms with E-state index in [0.717, 1.165) is 45.6 Å². The van der Waals surface area contributed by atoms with Gasteiger partial charge in [-0.15, -0.1) is 0 Å². The van der Waals surface area contributed by atoms with Gasteiger partial charge in [0.1, 0.15) is 6.04 Å². The summed E-state index contributed by atoms with van der Waals surface area (Å²) in [6.07, 6.45) is 3.75. The van der Waals surface area contributed by atoms with E-state index in [1.165, 1.54) is 12.0 Å². The molecule has 1 saturated carbocycles. The van der Waals surface area contributed by atoms with Crippen molar-refractivity contribution in [1.82, 2.24) is 20.4 Å². The Labute approximate surface area is 197 Å². The standard InChI is InChI=1S/C27H36N4O2/c1-30-16-18-31(19-17-30)27(33)24(29-26(32)22-12-6-3-7-13-22)14-8-9-15-28-25-20-23(25)21-10-4-2-5-11-21/h2-7,10-13,23-25,28H,8-9,14-20H2,1H3,(H,29,32)/t23-,24-,25+/m0/s1. The number of unbranched alkanes of at least 4 members (excludes halogenated alkanes) is 1. The molecule has 1 aliphatic carbocycles. The van der Waals surface area contributed by atoms with Crippen LogP contribution in [0.2, 0.25) is 0 Å². The SMILES string of the molecule is CN1CCN(C(=O)[C@H](CCCCN[C@@H]2C[C@H]2c2ccccc2)NC(=O)c2ccccc2)CC1. The van der Waals surface area contributed by atoms with Gasteiger partial charge in [-0.25, -0.2) is 0 Å². The lowest BCUT2D eigenvalue weighted by Crippen LogP contribution is -2.54. The first-order valence-electron chi connectivity index (χ1n) is 12.2. The summed E-state index contributed by atoms with van der Waals surface area (Å²) in [4.78, 5) is 30.1. The number of amides is 2. The van der Waals surface area contributed by atoms with Gasteiger partial charge in [0, 0.05) is 43.7 Å². The number of carbonyl (C=O) groups is 2. The van der Waals surface area contributed by atoms with Gasteiger partial charge in [-0.3, -0.25) is 9.59 Å². The third-order valence-corrected chi connectivity index (χ3v) is 6.80. The highest BCUT2D eigenvalue weighted by molar-refractivity contribution is 5.97. The molecule has 2 aliphatic rings. The Morgan fingerprint density at radius 2 is 1.61 bits per heavy atom. The molecule has 2 amide bonds. The fourth-order valence-electron chi connectivity index (χ4n) is 4.59. The molecular formula is C27H36N4O2. The summed E-state index contributed by atoms with van der Waals surface area (Å²) >= 11 is 0. The second-order valence-corrected chi connectivity index (χ2v) is 9.33. The van der Waals surface area contributed by atoms with Crippen molar-refractivity contribution in [3.05, 3.63) is 71.8 Å². The molecule has 0 bridgehead atoms. The van der Waals surface area contributed by atoms with Gasteiger partial charge in [0.2, 0.25) is 5.91 Å². The molecule has 2 N–H and O–H groups in total. The van der Waals surface area contributed by atoms with Crippen LogP contribution in [0, 0.1) is 0 Å². The number of piperazine rings is 1. The highest BCUT2D eigenvalue weighted by Crippen LogP contribution is 2.40. The van der Waals surface area contributed by atoms with Gasteiger partial charge in [-0.2, -0.15) is 0 Å². The monoisotopic (exact) mass is 448 g/mol. The topological polar surface area (TPSA) is 64.7 Å². The van der Waals surface area contributed by atoms with Crippen molar-refractivity contribution in [3.63, 3.8) is 0 Å². The van der Waals surface area contributed by atoms with Crippen LogP contribution in [0.25, 0.3) is 0 Å². The lowest BCUT2D eigenvalue weighted by Gasteiger charge is -2.34. The van der Waals surface area contributed by atoms with Crippen LogP contribution in [0.5, 0.6) is 0 Å². The van der Waals surface area contributed by atoms with Crippen LogP contribution in [0.1, 0.15) is 47.5 Å². The molecule has 1 saturated heterocycles. The molecule has 4 rings (SSSR count). The summed E-state index contributed by atoms with van der Waals surface area (Å²) < 4.78 is 0. The van der Waals surface area contributed by atoms with Gasteiger partial charge in [0.25, 0.3) is 5.91 Å². The predicted octanol–water partition coefficient (Wildman–Crippen LogP) is 2.88. The van der Waals surface area contributed by atoms with Gasteiger partial charge < -0.3 is 20.4 Å². The van der Waals surface area contributed by atoms with Crippen molar-refractivity contribution in [2.24, 2.45) is 0 Å². The highest BCUT2D eigenvalue weighted by atomic mass is 16.2. The second-order valence-electron chi connectivity index (χ2n) is 9.33. The Morgan fingerprint density at radius 1 is 0.939 bits per heavy atom. The molecule has 0 aromatic heterocycles. The van der Waals surface area contributed by atoms with Crippen molar-refractivity contribution in [3.8, 4) is 0 Å². The van der Waals surface area contributed by atoms with Crippen LogP contribution >= 0.6 is 0 Å².